The highest BCUT2D eigenvalue weighted by atomic mass is 16.3. The van der Waals surface area contributed by atoms with Crippen LogP contribution in [-0.2, 0) is 43.2 Å². The number of hydrogen-bond donors (Lipinski definition) is 10. The van der Waals surface area contributed by atoms with Crippen molar-refractivity contribution in [3.05, 3.63) is 0 Å². The second-order valence-electron chi connectivity index (χ2n) is 25.7. The third-order valence-corrected chi connectivity index (χ3v) is 15.3. The van der Waals surface area contributed by atoms with Gasteiger partial charge >= 0.3 is 0 Å². The first-order valence-corrected chi connectivity index (χ1v) is 29.7. The van der Waals surface area contributed by atoms with Crippen molar-refractivity contribution in [1.82, 2.24) is 52.3 Å². The van der Waals surface area contributed by atoms with E-state index in [1.165, 1.54) is 81.1 Å². The number of aliphatic hydroxyl groups is 2. The van der Waals surface area contributed by atoms with Crippen LogP contribution in [0.15, 0.2) is 0 Å². The second kappa shape index (κ2) is 34.0. The molecule has 0 aliphatic carbocycles. The summed E-state index contributed by atoms with van der Waals surface area (Å²) in [7, 11) is 1.81. The molecule has 10 N–H and O–H groups in total. The molecule has 8 amide bonds. The van der Waals surface area contributed by atoms with E-state index in [1.807, 2.05) is 25.8 Å². The van der Waals surface area contributed by atoms with E-state index in [1.54, 1.807) is 34.6 Å². The summed E-state index contributed by atoms with van der Waals surface area (Å²) in [6, 6.07) is -4.23. The minimum atomic E-state index is -1.66. The van der Waals surface area contributed by atoms with Crippen molar-refractivity contribution in [2.45, 2.75) is 260 Å². The summed E-state index contributed by atoms with van der Waals surface area (Å²) in [6.45, 7) is 31.0. The number of Topliss-reactive ketones (excluding diaryl/α,β-unsaturated/α-hetero) is 1. The molecule has 21 nitrogen and oxygen atoms in total. The van der Waals surface area contributed by atoms with Gasteiger partial charge in [-0.05, 0) is 132 Å². The van der Waals surface area contributed by atoms with E-state index in [4.69, 9.17) is 0 Å². The van der Waals surface area contributed by atoms with Crippen LogP contribution in [0, 0.1) is 23.7 Å². The molecule has 0 radical (unpaired) electrons. The first-order valence-electron chi connectivity index (χ1n) is 29.7. The van der Waals surface area contributed by atoms with Gasteiger partial charge in [-0.25, -0.2) is 0 Å². The molecule has 9 atom stereocenters. The Balaban J connectivity index is 3.26. The molecule has 1 aliphatic heterocycles. The summed E-state index contributed by atoms with van der Waals surface area (Å²) in [4.78, 5) is 128. The third kappa shape index (κ3) is 25.2. The van der Waals surface area contributed by atoms with Gasteiger partial charge in [0.05, 0.1) is 18.8 Å². The van der Waals surface area contributed by atoms with Crippen LogP contribution in [0.3, 0.4) is 0 Å². The molecule has 1 saturated heterocycles. The Morgan fingerprint density at radius 3 is 1.69 bits per heavy atom. The number of nitrogens with zero attached hydrogens (tertiary/aromatic N) is 2. The van der Waals surface area contributed by atoms with E-state index < -0.39 is 106 Å². The Bertz CT molecular complexity index is 2030. The summed E-state index contributed by atoms with van der Waals surface area (Å²) >= 11 is 0. The molecule has 0 aromatic heterocycles. The molecule has 0 aromatic rings. The fourth-order valence-electron chi connectivity index (χ4n) is 9.75. The van der Waals surface area contributed by atoms with Gasteiger partial charge in [0.1, 0.15) is 46.1 Å². The maximum absolute atomic E-state index is 14.4. The molecule has 0 unspecified atom stereocenters. The number of ketones is 1. The molecule has 0 saturated carbocycles. The van der Waals surface area contributed by atoms with Crippen LogP contribution in [0.5, 0.6) is 0 Å². The lowest BCUT2D eigenvalue weighted by Crippen LogP contribution is -2.67. The molecular weight excluding hydrogens is 1020 g/mol. The zero-order chi connectivity index (χ0) is 61.5. The average Bonchev–Trinajstić information content (AvgIpc) is 3.81. The fourth-order valence-corrected chi connectivity index (χ4v) is 9.75. The van der Waals surface area contributed by atoms with Crippen LogP contribution in [0.1, 0.15) is 201 Å². The zero-order valence-electron chi connectivity index (χ0n) is 52.5. The molecule has 1 fully saturated rings. The van der Waals surface area contributed by atoms with Gasteiger partial charge in [-0.1, -0.05) is 93.9 Å². The largest absolute Gasteiger partial charge is 0.395 e. The van der Waals surface area contributed by atoms with E-state index in [2.05, 4.69) is 61.3 Å². The second-order valence-corrected chi connectivity index (χ2v) is 25.7. The van der Waals surface area contributed by atoms with Gasteiger partial charge < -0.3 is 57.6 Å². The molecule has 21 heteroatoms. The van der Waals surface area contributed by atoms with Crippen molar-refractivity contribution < 1.29 is 53.4 Å². The predicted octanol–water partition coefficient (Wildman–Crippen LogP) is 3.76. The summed E-state index contributed by atoms with van der Waals surface area (Å²) < 4.78 is 0. The van der Waals surface area contributed by atoms with Crippen molar-refractivity contribution in [2.24, 2.45) is 23.7 Å². The van der Waals surface area contributed by atoms with Gasteiger partial charge in [0, 0.05) is 38.5 Å². The minimum Gasteiger partial charge on any atom is -0.395 e. The summed E-state index contributed by atoms with van der Waals surface area (Å²) in [5.74, 6) is -5.89. The lowest BCUT2D eigenvalue weighted by Gasteiger charge is -2.35. The molecule has 462 valence electrons. The molecule has 0 spiro atoms. The monoisotopic (exact) mass is 1130 g/mol. The van der Waals surface area contributed by atoms with Crippen LogP contribution in [0.25, 0.3) is 0 Å². The number of rotatable bonds is 38. The first kappa shape index (κ1) is 73.3. The number of aliphatic hydroxyl groups excluding tert-OH is 2. The number of nitrogens with one attached hydrogen (secondary N) is 8. The molecule has 80 heavy (non-hydrogen) atoms. The number of hydrogen-bond acceptors (Lipinski definition) is 13. The summed E-state index contributed by atoms with van der Waals surface area (Å²) in [5.41, 5.74) is -6.26. The van der Waals surface area contributed by atoms with E-state index in [-0.39, 0.29) is 55.9 Å². The van der Waals surface area contributed by atoms with Gasteiger partial charge in [-0.2, -0.15) is 0 Å². The number of carbonyl (C=O) groups excluding carboxylic acids is 9. The van der Waals surface area contributed by atoms with Crippen molar-refractivity contribution in [3.63, 3.8) is 0 Å². The summed E-state index contributed by atoms with van der Waals surface area (Å²) in [6.07, 6.45) is 8.51. The quantitative estimate of drug-likeness (QED) is 0.0395. The SMILES string of the molecule is CCCCCCC[C@H](C)CN1CCC[C@H]1C(=O)N[C@@H](C[C@H](C)C[C@H](O)CC(=O)CC)C(=O)NC(C)(C)C(=O)NC(C)(C)C(=O)N[C@H](C(=O)N[C@H](C(=O)NC(C)(C)C(=O)NC(C)(C)C(=O)N[C@@H](C)CN(C)CCO)C(C)C)[C@@H](C)CC. The van der Waals surface area contributed by atoms with Crippen LogP contribution in [-0.4, -0.2) is 171 Å². The molecule has 1 aliphatic rings. The van der Waals surface area contributed by atoms with Crippen LogP contribution < -0.4 is 42.5 Å². The smallest absolute Gasteiger partial charge is 0.246 e. The number of carbonyl (C=O) groups is 9. The first-order chi connectivity index (χ1) is 37.0. The van der Waals surface area contributed by atoms with Crippen molar-refractivity contribution in [3.8, 4) is 0 Å². The average molecular weight is 1140 g/mol. The van der Waals surface area contributed by atoms with Crippen LogP contribution >= 0.6 is 0 Å². The fraction of sp³-hybridized carbons (Fsp3) is 0.847. The highest BCUT2D eigenvalue weighted by Crippen LogP contribution is 2.24. The van der Waals surface area contributed by atoms with Crippen molar-refractivity contribution >= 4 is 53.0 Å². The van der Waals surface area contributed by atoms with Gasteiger partial charge in [0.2, 0.25) is 47.3 Å². The maximum Gasteiger partial charge on any atom is 0.246 e. The highest BCUT2D eigenvalue weighted by molar-refractivity contribution is 6.00. The zero-order valence-corrected chi connectivity index (χ0v) is 52.5. The molecule has 1 rings (SSSR count). The number of amides is 8. The maximum atomic E-state index is 14.4. The molecule has 0 aromatic carbocycles. The van der Waals surface area contributed by atoms with E-state index >= 15 is 0 Å². The Kier molecular flexibility index (Phi) is 31.2. The lowest BCUT2D eigenvalue weighted by atomic mass is 9.92. The molecule has 0 bridgehead atoms. The number of likely N-dealkylation sites (tertiary alicyclic amines) is 1. The minimum absolute atomic E-state index is 0.0243. The number of unbranched alkanes of at least 4 members (excludes halogenated alkanes) is 4. The normalized spacial score (nSPS) is 17.4. The van der Waals surface area contributed by atoms with Crippen LogP contribution in [0.4, 0.5) is 0 Å². The summed E-state index contributed by atoms with van der Waals surface area (Å²) in [5, 5.41) is 42.3. The van der Waals surface area contributed by atoms with Gasteiger partial charge in [0.25, 0.3) is 0 Å². The van der Waals surface area contributed by atoms with Crippen molar-refractivity contribution in [2.75, 3.05) is 39.8 Å². The third-order valence-electron chi connectivity index (χ3n) is 15.3. The standard InChI is InChI=1S/C59H110N10O11/c1-19-22-23-24-25-27-38(6)35-69-29-26-28-45(69)49(74)61-44(33-39(7)32-43(72)34-42(71)21-3)48(73)64-58(14,15)54(79)67-57(12,13)53(78)63-47(40(8)20-2)50(75)62-46(37(4)5)51(76)65-59(16,17)55(80)66-56(10,11)52(77)60-41(9)36-68(18)30-31-70/h37-41,43-47,70,72H,19-36H2,1-18H3,(H,60,77)(H,61,74)(H,62,75)(H,63,78)(H,64,73)(H,65,76)(H,66,80)(H,67,79)/t38-,39+,40-,41-,43-,44-,45-,46-,47-/m0/s1. The Morgan fingerprint density at radius 2 is 1.16 bits per heavy atom. The van der Waals surface area contributed by atoms with Crippen molar-refractivity contribution in [1.29, 1.82) is 0 Å². The Labute approximate surface area is 480 Å². The number of likely N-dealkylation sites (N-methyl/N-ethyl adjacent to an activating group) is 1. The van der Waals surface area contributed by atoms with Gasteiger partial charge in [-0.15, -0.1) is 0 Å². The highest BCUT2D eigenvalue weighted by Gasteiger charge is 2.43. The van der Waals surface area contributed by atoms with Gasteiger partial charge in [0.15, 0.2) is 0 Å². The van der Waals surface area contributed by atoms with E-state index in [9.17, 15) is 53.4 Å². The Morgan fingerprint density at radius 1 is 0.625 bits per heavy atom. The lowest BCUT2D eigenvalue weighted by molar-refractivity contribution is -0.140. The topological polar surface area (TPSA) is 297 Å². The van der Waals surface area contributed by atoms with E-state index in [0.29, 0.717) is 31.8 Å². The predicted molar refractivity (Wildman–Crippen MR) is 313 cm³/mol. The van der Waals surface area contributed by atoms with Crippen LogP contribution in [0.2, 0.25) is 0 Å². The van der Waals surface area contributed by atoms with Gasteiger partial charge in [-0.3, -0.25) is 48.1 Å². The Hall–Kier alpha value is -4.73. The molecular formula is C59H110N10O11. The van der Waals surface area contributed by atoms with E-state index in [0.717, 1.165) is 32.4 Å². The molecule has 1 heterocycles.